The minimum Gasteiger partial charge on any atom is -0.481 e. The van der Waals surface area contributed by atoms with E-state index in [0.717, 1.165) is 16.7 Å². The number of methoxy groups -OCH3 is 1. The van der Waals surface area contributed by atoms with Crippen LogP contribution in [0.25, 0.3) is 0 Å². The standard InChI is InChI=1S/C41H48N4O10/c1-27(42-34(47)25-55-29(3)54-4)36(50)43-28(2)37(51)45-40(38(52)53,24-35(48)49)39(26-46)22-20-33(21-23-39)44-41(30-14-8-5-9-15-30,31-16-10-6-11-17-31)32-18-12-7-13-19-32/h5-22,27-29,44,46H,23-26H2,1-4H3,(H,42,47)(H,43,50)(H,45,51)(H,48,49)(H,52,53)/t27?,28?,29?,39?,40-/m0/s1. The van der Waals surface area contributed by atoms with Gasteiger partial charge in [0.25, 0.3) is 0 Å². The largest absolute Gasteiger partial charge is 0.481 e. The lowest BCUT2D eigenvalue weighted by atomic mass is 9.64. The number of carboxylic acids is 2. The lowest BCUT2D eigenvalue weighted by Crippen LogP contribution is -2.69. The monoisotopic (exact) mass is 756 g/mol. The highest BCUT2D eigenvalue weighted by atomic mass is 16.7. The second-order valence-electron chi connectivity index (χ2n) is 13.4. The maximum Gasteiger partial charge on any atom is 0.331 e. The molecule has 55 heavy (non-hydrogen) atoms. The average Bonchev–Trinajstić information content (AvgIpc) is 3.19. The molecule has 5 atom stereocenters. The van der Waals surface area contributed by atoms with Crippen LogP contribution in [0, 0.1) is 5.41 Å². The van der Waals surface area contributed by atoms with E-state index in [1.54, 1.807) is 19.1 Å². The van der Waals surface area contributed by atoms with E-state index in [1.807, 2.05) is 91.0 Å². The van der Waals surface area contributed by atoms with Gasteiger partial charge in [-0.3, -0.25) is 19.2 Å². The first-order chi connectivity index (χ1) is 26.2. The first-order valence-corrected chi connectivity index (χ1v) is 17.7. The predicted molar refractivity (Wildman–Crippen MR) is 202 cm³/mol. The zero-order chi connectivity index (χ0) is 40.2. The number of carboxylic acid groups (broad SMARTS) is 2. The summed E-state index contributed by atoms with van der Waals surface area (Å²) in [6, 6.07) is 26.7. The van der Waals surface area contributed by atoms with E-state index < -0.39 is 84.2 Å². The van der Waals surface area contributed by atoms with Crippen molar-refractivity contribution in [1.29, 1.82) is 0 Å². The summed E-state index contributed by atoms with van der Waals surface area (Å²) < 4.78 is 10.1. The summed E-state index contributed by atoms with van der Waals surface area (Å²) in [4.78, 5) is 64.2. The third-order valence-corrected chi connectivity index (χ3v) is 9.77. The molecule has 0 saturated heterocycles. The molecule has 0 fully saturated rings. The molecule has 0 spiro atoms. The van der Waals surface area contributed by atoms with E-state index in [2.05, 4.69) is 21.3 Å². The highest BCUT2D eigenvalue weighted by Gasteiger charge is 2.58. The van der Waals surface area contributed by atoms with Crippen LogP contribution in [0.3, 0.4) is 0 Å². The molecule has 0 aromatic heterocycles. The third kappa shape index (κ3) is 9.46. The van der Waals surface area contributed by atoms with Crippen LogP contribution in [0.2, 0.25) is 0 Å². The molecule has 3 aromatic carbocycles. The number of aliphatic carboxylic acids is 2. The molecule has 4 rings (SSSR count). The number of carbonyl (C=O) groups excluding carboxylic acids is 3. The van der Waals surface area contributed by atoms with E-state index in [-0.39, 0.29) is 6.42 Å². The first kappa shape index (κ1) is 41.9. The molecule has 292 valence electrons. The smallest absolute Gasteiger partial charge is 0.331 e. The van der Waals surface area contributed by atoms with Crippen LogP contribution in [-0.4, -0.2) is 89.2 Å². The van der Waals surface area contributed by atoms with E-state index >= 15 is 0 Å². The summed E-state index contributed by atoms with van der Waals surface area (Å²) in [6.45, 7) is 2.97. The second-order valence-corrected chi connectivity index (χ2v) is 13.4. The number of ether oxygens (including phenoxy) is 2. The zero-order valence-corrected chi connectivity index (χ0v) is 31.2. The van der Waals surface area contributed by atoms with Crippen molar-refractivity contribution in [2.75, 3.05) is 20.3 Å². The Bertz CT molecular complexity index is 1770. The van der Waals surface area contributed by atoms with Gasteiger partial charge in [0, 0.05) is 18.2 Å². The summed E-state index contributed by atoms with van der Waals surface area (Å²) in [6.07, 6.45) is 2.67. The van der Waals surface area contributed by atoms with E-state index in [4.69, 9.17) is 9.47 Å². The van der Waals surface area contributed by atoms with Crippen LogP contribution in [0.5, 0.6) is 0 Å². The zero-order valence-electron chi connectivity index (χ0n) is 31.2. The lowest BCUT2D eigenvalue weighted by molar-refractivity contribution is -0.161. The third-order valence-electron chi connectivity index (χ3n) is 9.77. The van der Waals surface area contributed by atoms with Crippen LogP contribution in [0.4, 0.5) is 0 Å². The van der Waals surface area contributed by atoms with E-state index in [1.165, 1.54) is 27.0 Å². The van der Waals surface area contributed by atoms with Crippen molar-refractivity contribution in [3.63, 3.8) is 0 Å². The van der Waals surface area contributed by atoms with Crippen molar-refractivity contribution in [3.05, 3.63) is 132 Å². The fourth-order valence-corrected chi connectivity index (χ4v) is 6.58. The van der Waals surface area contributed by atoms with Gasteiger partial charge in [0.05, 0.1) is 13.0 Å². The van der Waals surface area contributed by atoms with Gasteiger partial charge < -0.3 is 46.1 Å². The van der Waals surface area contributed by atoms with Crippen molar-refractivity contribution < 1.29 is 48.8 Å². The molecule has 0 bridgehead atoms. The molecule has 14 nitrogen and oxygen atoms in total. The number of allylic oxidation sites excluding steroid dienone is 2. The summed E-state index contributed by atoms with van der Waals surface area (Å²) in [7, 11) is 1.40. The number of aliphatic hydroxyl groups is 1. The summed E-state index contributed by atoms with van der Waals surface area (Å²) in [5.41, 5.74) is -2.13. The number of amides is 3. The second kappa shape index (κ2) is 18.5. The minimum atomic E-state index is -2.58. The van der Waals surface area contributed by atoms with Crippen LogP contribution in [0.1, 0.15) is 50.3 Å². The molecule has 7 N–H and O–H groups in total. The van der Waals surface area contributed by atoms with Crippen LogP contribution in [-0.2, 0) is 39.0 Å². The van der Waals surface area contributed by atoms with Gasteiger partial charge in [-0.1, -0.05) is 103 Å². The van der Waals surface area contributed by atoms with Crippen molar-refractivity contribution in [2.45, 2.75) is 63.1 Å². The summed E-state index contributed by atoms with van der Waals surface area (Å²) in [5.74, 6) is -5.69. The van der Waals surface area contributed by atoms with Gasteiger partial charge in [0.2, 0.25) is 17.7 Å². The Morgan fingerprint density at radius 1 is 0.782 bits per heavy atom. The Labute approximate surface area is 319 Å². The quantitative estimate of drug-likeness (QED) is 0.0698. The van der Waals surface area contributed by atoms with Crippen LogP contribution >= 0.6 is 0 Å². The Morgan fingerprint density at radius 3 is 1.71 bits per heavy atom. The Hall–Kier alpha value is -5.83. The molecule has 0 saturated carbocycles. The van der Waals surface area contributed by atoms with Crippen molar-refractivity contribution >= 4 is 29.7 Å². The predicted octanol–water partition coefficient (Wildman–Crippen LogP) is 2.82. The maximum atomic E-state index is 13.6. The Morgan fingerprint density at radius 2 is 1.29 bits per heavy atom. The van der Waals surface area contributed by atoms with Gasteiger partial charge in [-0.25, -0.2) is 4.79 Å². The molecule has 3 amide bonds. The highest BCUT2D eigenvalue weighted by molar-refractivity contribution is 5.96. The lowest BCUT2D eigenvalue weighted by Gasteiger charge is -2.46. The first-order valence-electron chi connectivity index (χ1n) is 17.7. The topological polar surface area (TPSA) is 213 Å². The Balaban J connectivity index is 1.64. The fourth-order valence-electron chi connectivity index (χ4n) is 6.58. The molecule has 1 aliphatic carbocycles. The molecule has 0 aliphatic heterocycles. The molecular weight excluding hydrogens is 708 g/mol. The van der Waals surface area contributed by atoms with Gasteiger partial charge in [0.1, 0.15) is 24.2 Å². The van der Waals surface area contributed by atoms with Crippen molar-refractivity contribution in [1.82, 2.24) is 21.3 Å². The number of benzene rings is 3. The van der Waals surface area contributed by atoms with Gasteiger partial charge in [-0.05, 0) is 50.0 Å². The summed E-state index contributed by atoms with van der Waals surface area (Å²) in [5, 5.41) is 42.5. The van der Waals surface area contributed by atoms with Crippen LogP contribution < -0.4 is 21.3 Å². The van der Waals surface area contributed by atoms with E-state index in [9.17, 15) is 39.3 Å². The average molecular weight is 757 g/mol. The molecule has 14 heteroatoms. The molecule has 4 unspecified atom stereocenters. The maximum absolute atomic E-state index is 13.6. The molecule has 3 aromatic rings. The summed E-state index contributed by atoms with van der Waals surface area (Å²) >= 11 is 0. The number of nitrogens with one attached hydrogen (secondary N) is 4. The van der Waals surface area contributed by atoms with Gasteiger partial charge >= 0.3 is 11.9 Å². The number of hydrogen-bond acceptors (Lipinski definition) is 9. The van der Waals surface area contributed by atoms with Gasteiger partial charge in [-0.15, -0.1) is 0 Å². The number of aliphatic hydroxyl groups excluding tert-OH is 1. The highest BCUT2D eigenvalue weighted by Crippen LogP contribution is 2.44. The molecule has 1 aliphatic rings. The van der Waals surface area contributed by atoms with Crippen LogP contribution in [0.15, 0.2) is 115 Å². The van der Waals surface area contributed by atoms with Gasteiger partial charge in [0.15, 0.2) is 11.8 Å². The van der Waals surface area contributed by atoms with Crippen molar-refractivity contribution in [2.24, 2.45) is 5.41 Å². The Kier molecular flexibility index (Phi) is 14.1. The molecule has 0 radical (unpaired) electrons. The van der Waals surface area contributed by atoms with Gasteiger partial charge in [-0.2, -0.15) is 0 Å². The minimum absolute atomic E-state index is 0.204. The SMILES string of the molecule is COC(C)OCC(=O)NC(C)C(=O)NC(C)C(=O)N[C@@](CC(=O)O)(C(=O)O)C1(CO)C=CC(NC(c2ccccc2)(c2ccccc2)c2ccccc2)=CC1. The molecular formula is C41H48N4O10. The number of hydrogen-bond donors (Lipinski definition) is 7. The molecule has 0 heterocycles. The normalized spacial score (nSPS) is 18.0. The van der Waals surface area contributed by atoms with Crippen molar-refractivity contribution in [3.8, 4) is 0 Å². The van der Waals surface area contributed by atoms with E-state index in [0.29, 0.717) is 5.70 Å². The number of carbonyl (C=O) groups is 5. The fraction of sp³-hybridized carbons (Fsp3) is 0.341. The number of rotatable bonds is 19.